The van der Waals surface area contributed by atoms with Gasteiger partial charge in [-0.05, 0) is 32.6 Å². The molecule has 1 aliphatic carbocycles. The largest absolute Gasteiger partial charge is 0.460 e. The van der Waals surface area contributed by atoms with Crippen LogP contribution in [0.3, 0.4) is 0 Å². The van der Waals surface area contributed by atoms with Crippen molar-refractivity contribution >= 4 is 11.9 Å². The number of ether oxygens (including phenoxy) is 2. The minimum Gasteiger partial charge on any atom is -0.460 e. The Morgan fingerprint density at radius 3 is 2.50 bits per heavy atom. The Kier molecular flexibility index (Phi) is 5.02. The van der Waals surface area contributed by atoms with Crippen LogP contribution in [0.15, 0.2) is 12.7 Å². The fourth-order valence-electron chi connectivity index (χ4n) is 1.71. The average molecular weight is 226 g/mol. The predicted molar refractivity (Wildman–Crippen MR) is 58.7 cm³/mol. The first-order valence-corrected chi connectivity index (χ1v) is 5.67. The van der Waals surface area contributed by atoms with Crippen LogP contribution < -0.4 is 0 Å². The summed E-state index contributed by atoms with van der Waals surface area (Å²) in [5.41, 5.74) is 0. The second kappa shape index (κ2) is 6.30. The van der Waals surface area contributed by atoms with Crippen LogP contribution in [0.5, 0.6) is 0 Å². The first-order chi connectivity index (χ1) is 7.63. The van der Waals surface area contributed by atoms with Gasteiger partial charge in [0.1, 0.15) is 6.10 Å². The van der Waals surface area contributed by atoms with Crippen molar-refractivity contribution in [3.8, 4) is 0 Å². The third kappa shape index (κ3) is 4.04. The zero-order valence-corrected chi connectivity index (χ0v) is 9.61. The maximum atomic E-state index is 11.5. The molecule has 1 rings (SSSR count). The van der Waals surface area contributed by atoms with Gasteiger partial charge in [0.15, 0.2) is 6.10 Å². The first kappa shape index (κ1) is 12.7. The van der Waals surface area contributed by atoms with E-state index in [1.165, 1.54) is 13.3 Å². The molecule has 0 spiro atoms. The van der Waals surface area contributed by atoms with E-state index in [1.807, 2.05) is 0 Å². The summed E-state index contributed by atoms with van der Waals surface area (Å²) in [7, 11) is 0. The topological polar surface area (TPSA) is 52.6 Å². The highest BCUT2D eigenvalue weighted by molar-refractivity contribution is 5.85. The highest BCUT2D eigenvalue weighted by Gasteiger charge is 2.23. The van der Waals surface area contributed by atoms with E-state index >= 15 is 0 Å². The summed E-state index contributed by atoms with van der Waals surface area (Å²) in [5.74, 6) is -1.07. The van der Waals surface area contributed by atoms with Crippen molar-refractivity contribution in [2.45, 2.75) is 51.2 Å². The molecule has 1 fully saturated rings. The molecule has 0 amide bonds. The lowest BCUT2D eigenvalue weighted by Gasteiger charge is -2.23. The molecule has 0 bridgehead atoms. The fourth-order valence-corrected chi connectivity index (χ4v) is 1.71. The Morgan fingerprint density at radius 1 is 1.31 bits per heavy atom. The number of rotatable bonds is 4. The van der Waals surface area contributed by atoms with Crippen LogP contribution in [-0.2, 0) is 19.1 Å². The number of hydrogen-bond donors (Lipinski definition) is 0. The summed E-state index contributed by atoms with van der Waals surface area (Å²) in [5, 5.41) is 0. The minimum absolute atomic E-state index is 0.00821. The van der Waals surface area contributed by atoms with Gasteiger partial charge in [-0.2, -0.15) is 0 Å². The SMILES string of the molecule is C=CC(=O)O[C@H](C)C(=O)OC1CCCCC1. The molecule has 90 valence electrons. The molecule has 0 heterocycles. The lowest BCUT2D eigenvalue weighted by molar-refractivity contribution is -0.168. The molecule has 1 saturated carbocycles. The standard InChI is InChI=1S/C12H18O4/c1-3-11(13)15-9(2)12(14)16-10-7-5-4-6-8-10/h3,9-10H,1,4-8H2,2H3/t9-/m1/s1. The molecule has 0 radical (unpaired) electrons. The molecule has 0 aromatic carbocycles. The van der Waals surface area contributed by atoms with E-state index in [4.69, 9.17) is 9.47 Å². The molecular formula is C12H18O4. The minimum atomic E-state index is -0.854. The van der Waals surface area contributed by atoms with Gasteiger partial charge >= 0.3 is 11.9 Å². The summed E-state index contributed by atoms with van der Waals surface area (Å²) in [6.45, 7) is 4.77. The van der Waals surface area contributed by atoms with E-state index < -0.39 is 18.0 Å². The predicted octanol–water partition coefficient (Wildman–Crippen LogP) is 1.98. The second-order valence-corrected chi connectivity index (χ2v) is 3.98. The molecule has 4 nitrogen and oxygen atoms in total. The van der Waals surface area contributed by atoms with Crippen LogP contribution in [0.1, 0.15) is 39.0 Å². The van der Waals surface area contributed by atoms with E-state index in [1.54, 1.807) is 0 Å². The average Bonchev–Trinajstić information content (AvgIpc) is 2.30. The Bertz CT molecular complexity index is 266. The Labute approximate surface area is 95.6 Å². The highest BCUT2D eigenvalue weighted by Crippen LogP contribution is 2.20. The molecule has 0 aromatic rings. The summed E-state index contributed by atoms with van der Waals surface area (Å²) in [6, 6.07) is 0. The second-order valence-electron chi connectivity index (χ2n) is 3.98. The van der Waals surface area contributed by atoms with Gasteiger partial charge < -0.3 is 9.47 Å². The smallest absolute Gasteiger partial charge is 0.347 e. The van der Waals surface area contributed by atoms with Crippen LogP contribution in [-0.4, -0.2) is 24.1 Å². The van der Waals surface area contributed by atoms with Crippen LogP contribution in [0.4, 0.5) is 0 Å². The number of carbonyl (C=O) groups is 2. The molecule has 16 heavy (non-hydrogen) atoms. The van der Waals surface area contributed by atoms with E-state index in [2.05, 4.69) is 6.58 Å². The van der Waals surface area contributed by atoms with Gasteiger partial charge in [0, 0.05) is 6.08 Å². The van der Waals surface area contributed by atoms with Crippen LogP contribution in [0.25, 0.3) is 0 Å². The van der Waals surface area contributed by atoms with E-state index in [0.29, 0.717) is 0 Å². The van der Waals surface area contributed by atoms with Crippen molar-refractivity contribution in [1.82, 2.24) is 0 Å². The molecule has 0 N–H and O–H groups in total. The van der Waals surface area contributed by atoms with Crippen molar-refractivity contribution in [1.29, 1.82) is 0 Å². The van der Waals surface area contributed by atoms with Gasteiger partial charge in [0.05, 0.1) is 0 Å². The third-order valence-corrected chi connectivity index (χ3v) is 2.63. The van der Waals surface area contributed by atoms with E-state index in [9.17, 15) is 9.59 Å². The maximum absolute atomic E-state index is 11.5. The molecule has 0 aliphatic heterocycles. The van der Waals surface area contributed by atoms with Gasteiger partial charge in [-0.1, -0.05) is 13.0 Å². The third-order valence-electron chi connectivity index (χ3n) is 2.63. The van der Waals surface area contributed by atoms with E-state index in [-0.39, 0.29) is 6.10 Å². The van der Waals surface area contributed by atoms with Crippen molar-refractivity contribution in [2.75, 3.05) is 0 Å². The summed E-state index contributed by atoms with van der Waals surface area (Å²) in [6.07, 6.45) is 5.39. The van der Waals surface area contributed by atoms with E-state index in [0.717, 1.165) is 31.8 Å². The highest BCUT2D eigenvalue weighted by atomic mass is 16.6. The van der Waals surface area contributed by atoms with Gasteiger partial charge in [-0.15, -0.1) is 0 Å². The summed E-state index contributed by atoms with van der Waals surface area (Å²) < 4.78 is 10.0. The Balaban J connectivity index is 2.32. The van der Waals surface area contributed by atoms with Gasteiger partial charge in [-0.25, -0.2) is 9.59 Å². The Morgan fingerprint density at radius 2 is 1.94 bits per heavy atom. The lowest BCUT2D eigenvalue weighted by atomic mass is 9.98. The normalized spacial score (nSPS) is 18.6. The number of esters is 2. The van der Waals surface area contributed by atoms with Crippen molar-refractivity contribution < 1.29 is 19.1 Å². The lowest BCUT2D eigenvalue weighted by Crippen LogP contribution is -2.30. The van der Waals surface area contributed by atoms with Gasteiger partial charge in [0.2, 0.25) is 0 Å². The monoisotopic (exact) mass is 226 g/mol. The van der Waals surface area contributed by atoms with Gasteiger partial charge in [0.25, 0.3) is 0 Å². The number of hydrogen-bond acceptors (Lipinski definition) is 4. The van der Waals surface area contributed by atoms with Crippen molar-refractivity contribution in [3.63, 3.8) is 0 Å². The molecule has 0 aromatic heterocycles. The number of carbonyl (C=O) groups excluding carboxylic acids is 2. The summed E-state index contributed by atoms with van der Waals surface area (Å²) >= 11 is 0. The molecule has 0 saturated heterocycles. The van der Waals surface area contributed by atoms with Crippen LogP contribution in [0.2, 0.25) is 0 Å². The fraction of sp³-hybridized carbons (Fsp3) is 0.667. The summed E-state index contributed by atoms with van der Waals surface area (Å²) in [4.78, 5) is 22.4. The molecule has 1 aliphatic rings. The Hall–Kier alpha value is -1.32. The molecular weight excluding hydrogens is 208 g/mol. The van der Waals surface area contributed by atoms with Crippen LogP contribution in [0, 0.1) is 0 Å². The molecule has 4 heteroatoms. The van der Waals surface area contributed by atoms with Crippen molar-refractivity contribution in [2.24, 2.45) is 0 Å². The quantitative estimate of drug-likeness (QED) is 0.543. The maximum Gasteiger partial charge on any atom is 0.347 e. The van der Waals surface area contributed by atoms with Gasteiger partial charge in [-0.3, -0.25) is 0 Å². The molecule has 0 unspecified atom stereocenters. The zero-order chi connectivity index (χ0) is 12.0. The first-order valence-electron chi connectivity index (χ1n) is 5.67. The van der Waals surface area contributed by atoms with Crippen molar-refractivity contribution in [3.05, 3.63) is 12.7 Å². The molecule has 1 atom stereocenters. The zero-order valence-electron chi connectivity index (χ0n) is 9.61. The van der Waals surface area contributed by atoms with Crippen LogP contribution >= 0.6 is 0 Å².